The first-order valence-electron chi connectivity index (χ1n) is 23.0. The summed E-state index contributed by atoms with van der Waals surface area (Å²) in [7, 11) is 0. The monoisotopic (exact) mass is 848 g/mol. The van der Waals surface area contributed by atoms with Gasteiger partial charge < -0.3 is 24.4 Å². The van der Waals surface area contributed by atoms with Gasteiger partial charge in [-0.05, 0) is 170 Å². The van der Waals surface area contributed by atoms with Crippen molar-refractivity contribution in [1.29, 1.82) is 0 Å². The zero-order valence-electron chi connectivity index (χ0n) is 37.8. The van der Waals surface area contributed by atoms with Crippen LogP contribution < -0.4 is 19.3 Å². The number of aldehydes is 1. The van der Waals surface area contributed by atoms with Crippen LogP contribution in [0.25, 0.3) is 11.1 Å². The van der Waals surface area contributed by atoms with Crippen LogP contribution >= 0.6 is 0 Å². The summed E-state index contributed by atoms with van der Waals surface area (Å²) in [6.07, 6.45) is 7.62. The fraction of sp³-hybridized carbons (Fsp3) is 0.293. The topological polar surface area (TPSA) is 62.2 Å². The minimum Gasteiger partial charge on any atom is -0.508 e. The number of fused-ring (bicyclic) bond motifs is 3. The Morgan fingerprint density at radius 1 is 0.531 bits per heavy atom. The van der Waals surface area contributed by atoms with Gasteiger partial charge in [0.1, 0.15) is 36.7 Å². The van der Waals surface area contributed by atoms with Gasteiger partial charge in [0.2, 0.25) is 0 Å². The first kappa shape index (κ1) is 45.1. The number of hydrogen-bond donors (Lipinski definition) is 1. The van der Waals surface area contributed by atoms with Gasteiger partial charge in [0.05, 0.1) is 13.1 Å². The second kappa shape index (κ2) is 22.0. The lowest BCUT2D eigenvalue weighted by Crippen LogP contribution is -2.28. The van der Waals surface area contributed by atoms with Crippen molar-refractivity contribution in [1.82, 2.24) is 0 Å². The molecule has 0 aliphatic heterocycles. The molecule has 0 saturated carbocycles. The summed E-state index contributed by atoms with van der Waals surface area (Å²) in [6, 6.07) is 44.8. The quantitative estimate of drug-likeness (QED) is 0.0647. The molecule has 0 saturated heterocycles. The highest BCUT2D eigenvalue weighted by molar-refractivity contribution is 5.82. The van der Waals surface area contributed by atoms with Gasteiger partial charge in [0, 0.05) is 57.7 Å². The fourth-order valence-corrected chi connectivity index (χ4v) is 8.74. The van der Waals surface area contributed by atoms with Gasteiger partial charge in [-0.15, -0.1) is 0 Å². The molecule has 326 valence electrons. The minimum absolute atomic E-state index is 0.0860. The summed E-state index contributed by atoms with van der Waals surface area (Å²) in [4.78, 5) is 15.6. The van der Waals surface area contributed by atoms with Gasteiger partial charge in [0.25, 0.3) is 0 Å². The van der Waals surface area contributed by atoms with Crippen LogP contribution in [0.3, 0.4) is 0 Å². The van der Waals surface area contributed by atoms with Crippen LogP contribution in [0.4, 0.5) is 11.4 Å². The molecule has 1 N–H and O–H groups in total. The molecule has 6 heteroatoms. The first-order valence-corrected chi connectivity index (χ1v) is 23.0. The van der Waals surface area contributed by atoms with Gasteiger partial charge in [0.15, 0.2) is 0 Å². The Kier molecular flexibility index (Phi) is 15.5. The molecule has 0 atom stereocenters. The summed E-state index contributed by atoms with van der Waals surface area (Å²) >= 11 is 0. The van der Waals surface area contributed by atoms with Crippen LogP contribution in [0.15, 0.2) is 133 Å². The van der Waals surface area contributed by atoms with Gasteiger partial charge in [-0.2, -0.15) is 0 Å². The van der Waals surface area contributed by atoms with E-state index in [0.29, 0.717) is 18.8 Å². The number of rotatable bonds is 19. The number of benzene rings is 6. The Morgan fingerprint density at radius 2 is 0.938 bits per heavy atom. The molecule has 0 unspecified atom stereocenters. The molecule has 0 spiro atoms. The number of ether oxygens (including phenoxy) is 2. The normalized spacial score (nSPS) is 11.9. The van der Waals surface area contributed by atoms with Crippen molar-refractivity contribution in [2.45, 2.75) is 71.6 Å². The number of carbonyl (C=O) groups excluding carboxylic acids is 1. The Bertz CT molecular complexity index is 2580. The van der Waals surface area contributed by atoms with E-state index in [-0.39, 0.29) is 11.2 Å². The molecule has 64 heavy (non-hydrogen) atoms. The molecule has 1 aliphatic rings. The van der Waals surface area contributed by atoms with Crippen LogP contribution in [0.1, 0.15) is 110 Å². The largest absolute Gasteiger partial charge is 0.508 e. The first-order chi connectivity index (χ1) is 31.4. The van der Waals surface area contributed by atoms with E-state index in [2.05, 4.69) is 146 Å². The van der Waals surface area contributed by atoms with Crippen molar-refractivity contribution in [3.05, 3.63) is 172 Å². The number of likely N-dealkylation sites (N-methyl/N-ethyl adjacent to an activating group) is 2. The Labute approximate surface area is 380 Å². The second-order valence-corrected chi connectivity index (χ2v) is 16.4. The molecular formula is C58H60N2O4. The maximum absolute atomic E-state index is 11.0. The molecular weight excluding hydrogens is 789 g/mol. The van der Waals surface area contributed by atoms with Crippen LogP contribution in [0.2, 0.25) is 0 Å². The highest BCUT2D eigenvalue weighted by Gasteiger charge is 2.42. The number of aromatic hydroxyl groups is 1. The van der Waals surface area contributed by atoms with Crippen LogP contribution in [0.5, 0.6) is 17.2 Å². The van der Waals surface area contributed by atoms with Gasteiger partial charge >= 0.3 is 0 Å². The van der Waals surface area contributed by atoms with E-state index in [4.69, 9.17) is 9.47 Å². The third kappa shape index (κ3) is 11.0. The van der Waals surface area contributed by atoms with E-state index >= 15 is 0 Å². The molecule has 1 aliphatic carbocycles. The minimum atomic E-state index is -0.0860. The van der Waals surface area contributed by atoms with Crippen LogP contribution in [-0.4, -0.2) is 50.8 Å². The molecule has 0 radical (unpaired) electrons. The van der Waals surface area contributed by atoms with Crippen molar-refractivity contribution >= 4 is 17.7 Å². The molecule has 0 amide bonds. The standard InChI is InChI=1S/C58H60N2O4/c1-5-9-35-58(36-10-6-2)56-41-46(13-11-44-15-23-49(24-16-44)59(7-3)37-39-63-52-29-19-48(43-61)20-30-52)21-33-54(56)55-34-22-47(42-57(55)58)14-12-45-17-25-50(26-18-45)60(8-4)38-40-64-53-31-27-51(62)28-32-53/h15-34,41-43,62H,5-10,35-40H2,1-4H3. The number of carbonyl (C=O) groups is 1. The Morgan fingerprint density at radius 3 is 1.34 bits per heavy atom. The van der Waals surface area contributed by atoms with Crippen molar-refractivity contribution in [2.75, 3.05) is 49.2 Å². The van der Waals surface area contributed by atoms with E-state index < -0.39 is 0 Å². The average molecular weight is 849 g/mol. The number of nitrogens with zero attached hydrogens (tertiary/aromatic N) is 2. The second-order valence-electron chi connectivity index (χ2n) is 16.4. The van der Waals surface area contributed by atoms with E-state index in [1.165, 1.54) is 22.3 Å². The molecule has 6 aromatic rings. The molecule has 0 heterocycles. The third-order valence-corrected chi connectivity index (χ3v) is 12.3. The van der Waals surface area contributed by atoms with E-state index in [1.807, 2.05) is 12.1 Å². The lowest BCUT2D eigenvalue weighted by atomic mass is 9.70. The predicted molar refractivity (Wildman–Crippen MR) is 263 cm³/mol. The van der Waals surface area contributed by atoms with E-state index in [9.17, 15) is 9.90 Å². The Balaban J connectivity index is 1.06. The zero-order valence-corrected chi connectivity index (χ0v) is 37.8. The van der Waals surface area contributed by atoms with E-state index in [1.54, 1.807) is 36.4 Å². The van der Waals surface area contributed by atoms with E-state index in [0.717, 1.165) is 116 Å². The summed E-state index contributed by atoms with van der Waals surface area (Å²) < 4.78 is 11.9. The summed E-state index contributed by atoms with van der Waals surface area (Å²) in [5, 5.41) is 9.55. The molecule has 6 nitrogen and oxygen atoms in total. The van der Waals surface area contributed by atoms with Crippen molar-refractivity contribution in [3.8, 4) is 52.1 Å². The van der Waals surface area contributed by atoms with Gasteiger partial charge in [-0.3, -0.25) is 4.79 Å². The average Bonchev–Trinajstić information content (AvgIpc) is 3.60. The fourth-order valence-electron chi connectivity index (χ4n) is 8.74. The van der Waals surface area contributed by atoms with Crippen molar-refractivity contribution < 1.29 is 19.4 Å². The molecule has 6 aromatic carbocycles. The van der Waals surface area contributed by atoms with Gasteiger partial charge in [-0.1, -0.05) is 75.3 Å². The molecule has 7 rings (SSSR count). The van der Waals surface area contributed by atoms with Crippen LogP contribution in [0, 0.1) is 23.7 Å². The lowest BCUT2D eigenvalue weighted by molar-refractivity contribution is 0.112. The van der Waals surface area contributed by atoms with Crippen LogP contribution in [-0.2, 0) is 5.41 Å². The summed E-state index contributed by atoms with van der Waals surface area (Å²) in [5.41, 5.74) is 12.3. The Hall–Kier alpha value is -6.89. The number of phenols is 1. The molecule has 0 aromatic heterocycles. The van der Waals surface area contributed by atoms with Crippen molar-refractivity contribution in [3.63, 3.8) is 0 Å². The number of unbranched alkanes of at least 4 members (excludes halogenated alkanes) is 2. The number of anilines is 2. The lowest BCUT2D eigenvalue weighted by Gasteiger charge is -2.33. The summed E-state index contributed by atoms with van der Waals surface area (Å²) in [6.45, 7) is 13.2. The predicted octanol–water partition coefficient (Wildman–Crippen LogP) is 12.5. The molecule has 0 fully saturated rings. The zero-order chi connectivity index (χ0) is 44.7. The maximum atomic E-state index is 11.0. The third-order valence-electron chi connectivity index (χ3n) is 12.3. The molecule has 0 bridgehead atoms. The number of phenolic OH excluding ortho intramolecular Hbond substituents is 1. The SMILES string of the molecule is CCCCC1(CCCC)c2cc(C#Cc3ccc(N(CC)CCOc4ccc(O)cc4)cc3)ccc2-c2ccc(C#Cc3ccc(N(CC)CCOc4ccc(C=O)cc4)cc3)cc21. The summed E-state index contributed by atoms with van der Waals surface area (Å²) in [5.74, 6) is 15.7. The number of hydrogen-bond acceptors (Lipinski definition) is 6. The van der Waals surface area contributed by atoms with Gasteiger partial charge in [-0.25, -0.2) is 0 Å². The highest BCUT2D eigenvalue weighted by atomic mass is 16.5. The highest BCUT2D eigenvalue weighted by Crippen LogP contribution is 2.54. The smallest absolute Gasteiger partial charge is 0.150 e. The maximum Gasteiger partial charge on any atom is 0.150 e. The van der Waals surface area contributed by atoms with Crippen molar-refractivity contribution in [2.24, 2.45) is 0 Å².